The Morgan fingerprint density at radius 3 is 2.92 bits per heavy atom. The van der Waals surface area contributed by atoms with Gasteiger partial charge >= 0.3 is 0 Å². The number of carbonyl (C=O) groups excluding carboxylic acids is 2. The molecule has 2 aliphatic rings. The van der Waals surface area contributed by atoms with E-state index in [2.05, 4.69) is 10.6 Å². The molecule has 2 amide bonds. The third-order valence-electron chi connectivity index (χ3n) is 4.73. The summed E-state index contributed by atoms with van der Waals surface area (Å²) in [4.78, 5) is 26.4. The zero-order valence-corrected chi connectivity index (χ0v) is 14.1. The normalized spacial score (nSPS) is 21.5. The fraction of sp³-hybridized carbons (Fsp3) is 0.556. The lowest BCUT2D eigenvalue weighted by Gasteiger charge is -2.28. The van der Waals surface area contributed by atoms with Crippen LogP contribution in [0.15, 0.2) is 18.2 Å². The zero-order chi connectivity index (χ0) is 16.9. The fourth-order valence-electron chi connectivity index (χ4n) is 3.36. The molecule has 130 valence electrons. The highest BCUT2D eigenvalue weighted by atomic mass is 16.5. The number of methoxy groups -OCH3 is 1. The molecule has 24 heavy (non-hydrogen) atoms. The minimum absolute atomic E-state index is 0.000852. The van der Waals surface area contributed by atoms with Gasteiger partial charge in [0.25, 0.3) is 0 Å². The van der Waals surface area contributed by atoms with Crippen molar-refractivity contribution in [2.75, 3.05) is 37.0 Å². The molecule has 2 saturated heterocycles. The molecule has 2 fully saturated rings. The van der Waals surface area contributed by atoms with E-state index in [4.69, 9.17) is 4.74 Å². The van der Waals surface area contributed by atoms with Gasteiger partial charge in [-0.2, -0.15) is 0 Å². The molecule has 2 aliphatic heterocycles. The molecule has 6 heteroatoms. The molecule has 0 bridgehead atoms. The van der Waals surface area contributed by atoms with Crippen molar-refractivity contribution < 1.29 is 14.3 Å². The van der Waals surface area contributed by atoms with Crippen molar-refractivity contribution in [1.29, 1.82) is 0 Å². The second-order valence-electron chi connectivity index (χ2n) is 6.42. The Hall–Kier alpha value is -2.08. The highest BCUT2D eigenvalue weighted by Gasteiger charge is 2.24. The van der Waals surface area contributed by atoms with Crippen molar-refractivity contribution >= 4 is 23.2 Å². The van der Waals surface area contributed by atoms with Gasteiger partial charge in [-0.15, -0.1) is 0 Å². The number of anilines is 2. The second-order valence-corrected chi connectivity index (χ2v) is 6.42. The first-order chi connectivity index (χ1) is 11.7. The van der Waals surface area contributed by atoms with Gasteiger partial charge in [0.05, 0.1) is 18.7 Å². The summed E-state index contributed by atoms with van der Waals surface area (Å²) in [5, 5.41) is 6.24. The third kappa shape index (κ3) is 3.70. The monoisotopic (exact) mass is 331 g/mol. The lowest BCUT2D eigenvalue weighted by molar-refractivity contribution is -0.120. The molecule has 1 aromatic rings. The number of hydrogen-bond donors (Lipinski definition) is 2. The van der Waals surface area contributed by atoms with Crippen molar-refractivity contribution in [3.05, 3.63) is 18.2 Å². The molecular formula is C18H25N3O3. The maximum atomic E-state index is 12.4. The summed E-state index contributed by atoms with van der Waals surface area (Å²) >= 11 is 0. The minimum atomic E-state index is 0.000852. The van der Waals surface area contributed by atoms with E-state index in [0.717, 1.165) is 44.5 Å². The van der Waals surface area contributed by atoms with E-state index < -0.39 is 0 Å². The molecule has 2 heterocycles. The van der Waals surface area contributed by atoms with Crippen LogP contribution < -0.4 is 20.3 Å². The number of piperidine rings is 2. The highest BCUT2D eigenvalue weighted by molar-refractivity contribution is 5.98. The summed E-state index contributed by atoms with van der Waals surface area (Å²) in [5.41, 5.74) is 1.45. The van der Waals surface area contributed by atoms with Gasteiger partial charge in [-0.25, -0.2) is 0 Å². The third-order valence-corrected chi connectivity index (χ3v) is 4.73. The predicted octanol–water partition coefficient (Wildman–Crippen LogP) is 2.15. The number of carbonyl (C=O) groups is 2. The largest absolute Gasteiger partial charge is 0.495 e. The molecule has 1 atom stereocenters. The summed E-state index contributed by atoms with van der Waals surface area (Å²) in [6, 6.07) is 5.48. The van der Waals surface area contributed by atoms with Crippen LogP contribution in [0, 0.1) is 5.92 Å². The Labute approximate surface area is 142 Å². The topological polar surface area (TPSA) is 70.7 Å². The highest BCUT2D eigenvalue weighted by Crippen LogP contribution is 2.33. The van der Waals surface area contributed by atoms with Crippen LogP contribution in [-0.2, 0) is 9.59 Å². The summed E-state index contributed by atoms with van der Waals surface area (Å²) in [6.45, 7) is 2.39. The van der Waals surface area contributed by atoms with Crippen molar-refractivity contribution in [2.24, 2.45) is 5.92 Å². The van der Waals surface area contributed by atoms with Gasteiger partial charge in [0.15, 0.2) is 0 Å². The van der Waals surface area contributed by atoms with Crippen LogP contribution in [0.4, 0.5) is 11.4 Å². The summed E-state index contributed by atoms with van der Waals surface area (Å²) in [7, 11) is 1.60. The lowest BCUT2D eigenvalue weighted by Crippen LogP contribution is -2.37. The first-order valence-electron chi connectivity index (χ1n) is 8.69. The molecule has 1 aromatic carbocycles. The Morgan fingerprint density at radius 1 is 1.33 bits per heavy atom. The number of hydrogen-bond acceptors (Lipinski definition) is 4. The van der Waals surface area contributed by atoms with E-state index in [1.807, 2.05) is 18.2 Å². The van der Waals surface area contributed by atoms with Gasteiger partial charge < -0.3 is 20.3 Å². The molecule has 1 unspecified atom stereocenters. The van der Waals surface area contributed by atoms with Gasteiger partial charge in [-0.3, -0.25) is 9.59 Å². The van der Waals surface area contributed by atoms with Gasteiger partial charge in [-0.1, -0.05) is 0 Å². The van der Waals surface area contributed by atoms with Crippen molar-refractivity contribution in [1.82, 2.24) is 5.32 Å². The maximum Gasteiger partial charge on any atom is 0.228 e. The van der Waals surface area contributed by atoms with E-state index in [-0.39, 0.29) is 17.7 Å². The van der Waals surface area contributed by atoms with Crippen molar-refractivity contribution in [3.8, 4) is 5.75 Å². The average molecular weight is 331 g/mol. The molecule has 0 radical (unpaired) electrons. The van der Waals surface area contributed by atoms with Gasteiger partial charge in [0, 0.05) is 25.2 Å². The second kappa shape index (κ2) is 7.66. The number of nitrogens with one attached hydrogen (secondary N) is 2. The van der Waals surface area contributed by atoms with E-state index in [1.54, 1.807) is 12.0 Å². The first-order valence-corrected chi connectivity index (χ1v) is 8.69. The van der Waals surface area contributed by atoms with Crippen LogP contribution in [0.25, 0.3) is 0 Å². The Morgan fingerprint density at radius 2 is 2.21 bits per heavy atom. The van der Waals surface area contributed by atoms with E-state index >= 15 is 0 Å². The van der Waals surface area contributed by atoms with Crippen molar-refractivity contribution in [2.45, 2.75) is 32.1 Å². The van der Waals surface area contributed by atoms with Crippen LogP contribution in [0.2, 0.25) is 0 Å². The minimum Gasteiger partial charge on any atom is -0.495 e. The SMILES string of the molecule is COc1ccc(NC(=O)C2CCCNC2)cc1N1CCCCC1=O. The molecule has 2 N–H and O–H groups in total. The summed E-state index contributed by atoms with van der Waals surface area (Å²) in [5.74, 6) is 0.797. The van der Waals surface area contributed by atoms with Gasteiger partial charge in [-0.05, 0) is 50.4 Å². The van der Waals surface area contributed by atoms with Crippen molar-refractivity contribution in [3.63, 3.8) is 0 Å². The predicted molar refractivity (Wildman–Crippen MR) is 93.4 cm³/mol. The number of benzene rings is 1. The number of rotatable bonds is 4. The van der Waals surface area contributed by atoms with E-state index in [9.17, 15) is 9.59 Å². The van der Waals surface area contributed by atoms with Crippen LogP contribution in [0.1, 0.15) is 32.1 Å². The maximum absolute atomic E-state index is 12.4. The lowest BCUT2D eigenvalue weighted by atomic mass is 9.99. The Bertz CT molecular complexity index is 612. The average Bonchev–Trinajstić information content (AvgIpc) is 2.63. The molecule has 3 rings (SSSR count). The quantitative estimate of drug-likeness (QED) is 0.887. The van der Waals surface area contributed by atoms with Gasteiger partial charge in [0.2, 0.25) is 11.8 Å². The Balaban J connectivity index is 1.78. The van der Waals surface area contributed by atoms with E-state index in [0.29, 0.717) is 24.4 Å². The summed E-state index contributed by atoms with van der Waals surface area (Å²) < 4.78 is 5.41. The summed E-state index contributed by atoms with van der Waals surface area (Å²) in [6.07, 6.45) is 4.41. The van der Waals surface area contributed by atoms with Crippen LogP contribution in [-0.4, -0.2) is 38.6 Å². The first kappa shape index (κ1) is 16.8. The number of amides is 2. The molecule has 0 saturated carbocycles. The molecule has 6 nitrogen and oxygen atoms in total. The number of nitrogens with zero attached hydrogens (tertiary/aromatic N) is 1. The smallest absolute Gasteiger partial charge is 0.228 e. The number of ether oxygens (including phenoxy) is 1. The Kier molecular flexibility index (Phi) is 5.35. The fourth-order valence-corrected chi connectivity index (χ4v) is 3.36. The van der Waals surface area contributed by atoms with Gasteiger partial charge in [0.1, 0.15) is 5.75 Å². The van der Waals surface area contributed by atoms with Crippen LogP contribution >= 0.6 is 0 Å². The van der Waals surface area contributed by atoms with Crippen LogP contribution in [0.5, 0.6) is 5.75 Å². The zero-order valence-electron chi connectivity index (χ0n) is 14.1. The van der Waals surface area contributed by atoms with E-state index in [1.165, 1.54) is 0 Å². The van der Waals surface area contributed by atoms with Crippen LogP contribution in [0.3, 0.4) is 0 Å². The molecular weight excluding hydrogens is 306 g/mol. The molecule has 0 spiro atoms. The molecule has 0 aromatic heterocycles. The molecule has 0 aliphatic carbocycles. The standard InChI is InChI=1S/C18H25N3O3/c1-24-16-8-7-14(20-18(23)13-5-4-9-19-12-13)11-15(16)21-10-3-2-6-17(21)22/h7-8,11,13,19H,2-6,9-10,12H2,1H3,(H,20,23).